The molecule has 5 heteroatoms. The van der Waals surface area contributed by atoms with Gasteiger partial charge in [0.2, 0.25) is 0 Å². The lowest BCUT2D eigenvalue weighted by Gasteiger charge is -2.38. The maximum atomic E-state index is 13.4. The molecule has 0 aliphatic carbocycles. The number of fused-ring (bicyclic) bond motifs is 6. The van der Waals surface area contributed by atoms with Crippen molar-refractivity contribution >= 4 is 17.3 Å². The van der Waals surface area contributed by atoms with E-state index in [4.69, 9.17) is 9.47 Å². The fourth-order valence-electron chi connectivity index (χ4n) is 6.25. The Morgan fingerprint density at radius 3 is 1.95 bits per heavy atom. The molecule has 0 saturated carbocycles. The van der Waals surface area contributed by atoms with Crippen molar-refractivity contribution in [2.45, 2.75) is 25.6 Å². The number of rotatable bonds is 6. The molecule has 0 aromatic heterocycles. The highest BCUT2D eigenvalue weighted by atomic mass is 16.6. The van der Waals surface area contributed by atoms with E-state index in [0.29, 0.717) is 17.1 Å². The molecule has 5 nitrogen and oxygen atoms in total. The van der Waals surface area contributed by atoms with Crippen LogP contribution in [0.25, 0.3) is 0 Å². The van der Waals surface area contributed by atoms with Crippen LogP contribution in [0.3, 0.4) is 0 Å². The average Bonchev–Trinajstić information content (AvgIpc) is 3.30. The van der Waals surface area contributed by atoms with Crippen LogP contribution in [-0.2, 0) is 23.4 Å². The highest BCUT2D eigenvalue weighted by molar-refractivity contribution is 5.97. The smallest absolute Gasteiger partial charge is 0.340 e. The number of aryl methyl sites for hydroxylation is 1. The molecule has 0 bridgehead atoms. The molecule has 5 aromatic carbocycles. The Balaban J connectivity index is 1.44. The van der Waals surface area contributed by atoms with Gasteiger partial charge in [-0.2, -0.15) is 0 Å². The van der Waals surface area contributed by atoms with E-state index in [-0.39, 0.29) is 5.97 Å². The van der Waals surface area contributed by atoms with E-state index >= 15 is 0 Å². The minimum atomic E-state index is -1.12. The van der Waals surface area contributed by atoms with Crippen molar-refractivity contribution in [1.82, 2.24) is 0 Å². The number of nitrogens with zero attached hydrogens (tertiary/aromatic N) is 2. The second-order valence-electron chi connectivity index (χ2n) is 11.3. The second kappa shape index (κ2) is 10.1. The Morgan fingerprint density at radius 1 is 0.667 bits per heavy atom. The first-order chi connectivity index (χ1) is 20.4. The van der Waals surface area contributed by atoms with Crippen molar-refractivity contribution in [3.8, 4) is 11.5 Å². The number of anilines is 2. The summed E-state index contributed by atoms with van der Waals surface area (Å²) >= 11 is 0. The quantitative estimate of drug-likeness (QED) is 0.201. The molecule has 0 amide bonds. The average molecular weight is 553 g/mol. The van der Waals surface area contributed by atoms with Crippen LogP contribution in [0.1, 0.15) is 43.7 Å². The second-order valence-corrected chi connectivity index (χ2v) is 11.3. The van der Waals surface area contributed by atoms with Crippen molar-refractivity contribution in [3.05, 3.63) is 154 Å². The molecular formula is C37H32N2O3. The normalized spacial score (nSPS) is 16.2. The number of carbonyl (C=O) groups is 1. The summed E-state index contributed by atoms with van der Waals surface area (Å²) in [6, 6.07) is 39.1. The molecule has 5 aromatic rings. The van der Waals surface area contributed by atoms with Gasteiger partial charge in [0, 0.05) is 61.3 Å². The van der Waals surface area contributed by atoms with Crippen LogP contribution in [-0.4, -0.2) is 20.1 Å². The van der Waals surface area contributed by atoms with Gasteiger partial charge in [-0.15, -0.1) is 0 Å². The first-order valence-corrected chi connectivity index (χ1v) is 14.2. The van der Waals surface area contributed by atoms with E-state index in [9.17, 15) is 4.79 Å². The van der Waals surface area contributed by atoms with Crippen molar-refractivity contribution in [2.75, 3.05) is 23.9 Å². The lowest BCUT2D eigenvalue weighted by Crippen LogP contribution is -2.34. The van der Waals surface area contributed by atoms with Crippen LogP contribution < -0.4 is 14.5 Å². The SMILES string of the molecule is Cc1cc2c(cc1N(Cc1ccccc1)Cc1ccccc1)C1(OC(=O)c3ccccc31)c1ccc(N(C)C)cc1O2. The molecule has 208 valence electrons. The number of benzene rings is 5. The van der Waals surface area contributed by atoms with E-state index in [1.165, 1.54) is 11.1 Å². The Hall–Kier alpha value is -5.03. The first kappa shape index (κ1) is 25.9. The first-order valence-electron chi connectivity index (χ1n) is 14.2. The summed E-state index contributed by atoms with van der Waals surface area (Å²) in [6.45, 7) is 3.57. The topological polar surface area (TPSA) is 42.0 Å². The van der Waals surface area contributed by atoms with Crippen LogP contribution >= 0.6 is 0 Å². The molecule has 1 unspecified atom stereocenters. The molecule has 42 heavy (non-hydrogen) atoms. The summed E-state index contributed by atoms with van der Waals surface area (Å²) in [6.07, 6.45) is 0. The van der Waals surface area contributed by atoms with Gasteiger partial charge >= 0.3 is 5.97 Å². The number of carbonyl (C=O) groups excluding carboxylic acids is 1. The molecule has 1 atom stereocenters. The van der Waals surface area contributed by atoms with Crippen molar-refractivity contribution in [3.63, 3.8) is 0 Å². The summed E-state index contributed by atoms with van der Waals surface area (Å²) in [7, 11) is 4.01. The molecule has 0 N–H and O–H groups in total. The summed E-state index contributed by atoms with van der Waals surface area (Å²) in [4.78, 5) is 17.9. The predicted molar refractivity (Wildman–Crippen MR) is 167 cm³/mol. The van der Waals surface area contributed by atoms with Gasteiger partial charge in [-0.1, -0.05) is 78.9 Å². The Bertz CT molecular complexity index is 1760. The van der Waals surface area contributed by atoms with Gasteiger partial charge in [0.15, 0.2) is 5.60 Å². The number of hydrogen-bond donors (Lipinski definition) is 0. The van der Waals surface area contributed by atoms with E-state index in [0.717, 1.165) is 46.7 Å². The van der Waals surface area contributed by atoms with E-state index < -0.39 is 5.60 Å². The van der Waals surface area contributed by atoms with Crippen LogP contribution in [0.15, 0.2) is 115 Å². The predicted octanol–water partition coefficient (Wildman–Crippen LogP) is 7.84. The zero-order valence-electron chi connectivity index (χ0n) is 24.0. The minimum Gasteiger partial charge on any atom is -0.456 e. The summed E-state index contributed by atoms with van der Waals surface area (Å²) in [5.41, 5.74) is 7.56. The maximum Gasteiger partial charge on any atom is 0.340 e. The van der Waals surface area contributed by atoms with Gasteiger partial charge in [-0.25, -0.2) is 4.79 Å². The Kier molecular flexibility index (Phi) is 6.23. The molecule has 0 fully saturated rings. The highest BCUT2D eigenvalue weighted by Crippen LogP contribution is 2.57. The standard InChI is InChI=1S/C37H32N2O3/c1-25-20-34-32(22-33(25)39(23-26-12-6-4-7-13-26)24-27-14-8-5-9-15-27)37(30-17-11-10-16-29(30)36(40)42-37)31-19-18-28(38(2)3)21-35(31)41-34/h4-22H,23-24H2,1-3H3. The van der Waals surface area contributed by atoms with Crippen LogP contribution in [0, 0.1) is 6.92 Å². The van der Waals surface area contributed by atoms with Gasteiger partial charge < -0.3 is 19.3 Å². The molecule has 0 saturated heterocycles. The lowest BCUT2D eigenvalue weighted by molar-refractivity contribution is 0.0224. The van der Waals surface area contributed by atoms with E-state index in [2.05, 4.69) is 78.6 Å². The molecule has 7 rings (SSSR count). The van der Waals surface area contributed by atoms with Crippen LogP contribution in [0.2, 0.25) is 0 Å². The van der Waals surface area contributed by atoms with Crippen LogP contribution in [0.4, 0.5) is 11.4 Å². The zero-order chi connectivity index (χ0) is 28.8. The largest absolute Gasteiger partial charge is 0.456 e. The molecule has 1 spiro atoms. The fourth-order valence-corrected chi connectivity index (χ4v) is 6.25. The molecule has 0 radical (unpaired) electrons. The summed E-state index contributed by atoms with van der Waals surface area (Å²) < 4.78 is 13.1. The van der Waals surface area contributed by atoms with Crippen LogP contribution in [0.5, 0.6) is 11.5 Å². The lowest BCUT2D eigenvalue weighted by atomic mass is 9.77. The van der Waals surface area contributed by atoms with Gasteiger partial charge in [0.05, 0.1) is 5.56 Å². The third-order valence-electron chi connectivity index (χ3n) is 8.30. The fraction of sp³-hybridized carbons (Fsp3) is 0.162. The minimum absolute atomic E-state index is 0.325. The summed E-state index contributed by atoms with van der Waals surface area (Å²) in [5, 5.41) is 0. The van der Waals surface area contributed by atoms with E-state index in [1.54, 1.807) is 0 Å². The number of ether oxygens (including phenoxy) is 2. The Morgan fingerprint density at radius 2 is 1.29 bits per heavy atom. The van der Waals surface area contributed by atoms with Crippen molar-refractivity contribution in [2.24, 2.45) is 0 Å². The van der Waals surface area contributed by atoms with Gasteiger partial charge in [0.25, 0.3) is 0 Å². The van der Waals surface area contributed by atoms with Crippen molar-refractivity contribution < 1.29 is 14.3 Å². The third-order valence-corrected chi connectivity index (χ3v) is 8.30. The van der Waals surface area contributed by atoms with Gasteiger partial charge in [-0.05, 0) is 53.9 Å². The van der Waals surface area contributed by atoms with Crippen molar-refractivity contribution in [1.29, 1.82) is 0 Å². The Labute approximate surface area is 246 Å². The molecule has 2 aliphatic rings. The molecule has 2 heterocycles. The highest BCUT2D eigenvalue weighted by Gasteiger charge is 2.53. The maximum absolute atomic E-state index is 13.4. The molecular weight excluding hydrogens is 520 g/mol. The van der Waals surface area contributed by atoms with Gasteiger partial charge in [-0.3, -0.25) is 0 Å². The third kappa shape index (κ3) is 4.20. The monoisotopic (exact) mass is 552 g/mol. The number of hydrogen-bond acceptors (Lipinski definition) is 5. The van der Waals surface area contributed by atoms with E-state index in [1.807, 2.05) is 67.5 Å². The zero-order valence-corrected chi connectivity index (χ0v) is 24.0. The molecule has 2 aliphatic heterocycles. The summed E-state index contributed by atoms with van der Waals surface area (Å²) in [5.74, 6) is 1.06. The number of esters is 1. The van der Waals surface area contributed by atoms with Gasteiger partial charge in [0.1, 0.15) is 11.5 Å².